The van der Waals surface area contributed by atoms with Gasteiger partial charge in [-0.05, 0) is 36.4 Å². The molecule has 0 radical (unpaired) electrons. The van der Waals surface area contributed by atoms with Gasteiger partial charge in [0.15, 0.2) is 5.76 Å². The van der Waals surface area contributed by atoms with Gasteiger partial charge in [0.2, 0.25) is 10.0 Å². The minimum absolute atomic E-state index is 0.0207. The highest BCUT2D eigenvalue weighted by molar-refractivity contribution is 7.89. The molecule has 0 bridgehead atoms. The van der Waals surface area contributed by atoms with E-state index in [4.69, 9.17) is 16.0 Å². The normalized spacial score (nSPS) is 14.9. The Kier molecular flexibility index (Phi) is 5.83. The molecule has 1 aromatic heterocycles. The zero-order valence-electron chi connectivity index (χ0n) is 16.4. The van der Waals surface area contributed by atoms with E-state index in [9.17, 15) is 18.5 Å². The van der Waals surface area contributed by atoms with Crippen LogP contribution in [0.3, 0.4) is 0 Å². The Hall–Kier alpha value is -3.12. The average molecular weight is 456 g/mol. The van der Waals surface area contributed by atoms with E-state index in [0.29, 0.717) is 16.3 Å². The predicted octanol–water partition coefficient (Wildman–Crippen LogP) is 3.62. The quantitative estimate of drug-likeness (QED) is 0.598. The first-order chi connectivity index (χ1) is 14.9. The van der Waals surface area contributed by atoms with Crippen molar-refractivity contribution in [2.24, 2.45) is 0 Å². The van der Waals surface area contributed by atoms with Crippen LogP contribution in [0.2, 0.25) is 5.02 Å². The van der Waals surface area contributed by atoms with Crippen LogP contribution in [0.5, 0.6) is 0 Å². The lowest BCUT2D eigenvalue weighted by Crippen LogP contribution is -2.50. The summed E-state index contributed by atoms with van der Waals surface area (Å²) in [5, 5.41) is 9.74. The number of carbonyl (C=O) groups is 1. The number of piperazine rings is 1. The summed E-state index contributed by atoms with van der Waals surface area (Å²) in [5.74, 6) is 0.345. The number of amides is 1. The second kappa shape index (κ2) is 8.55. The molecule has 1 saturated heterocycles. The van der Waals surface area contributed by atoms with Crippen molar-refractivity contribution in [1.82, 2.24) is 9.21 Å². The van der Waals surface area contributed by atoms with E-state index in [0.717, 1.165) is 0 Å². The summed E-state index contributed by atoms with van der Waals surface area (Å²) in [5.41, 5.74) is 0.791. The molecule has 1 aliphatic rings. The van der Waals surface area contributed by atoms with Gasteiger partial charge < -0.3 is 9.32 Å². The third kappa shape index (κ3) is 4.08. The van der Waals surface area contributed by atoms with E-state index >= 15 is 0 Å². The number of nitrogens with zero attached hydrogens (tertiary/aromatic N) is 3. The van der Waals surface area contributed by atoms with Gasteiger partial charge in [0.05, 0.1) is 15.5 Å². The summed E-state index contributed by atoms with van der Waals surface area (Å²) in [4.78, 5) is 14.4. The lowest BCUT2D eigenvalue weighted by atomic mass is 10.2. The monoisotopic (exact) mass is 455 g/mol. The summed E-state index contributed by atoms with van der Waals surface area (Å²) in [6.45, 7) is 0.696. The van der Waals surface area contributed by atoms with Gasteiger partial charge in [-0.2, -0.15) is 9.57 Å². The van der Waals surface area contributed by atoms with Crippen LogP contribution in [0.4, 0.5) is 0 Å². The van der Waals surface area contributed by atoms with E-state index in [1.54, 1.807) is 41.3 Å². The van der Waals surface area contributed by atoms with E-state index < -0.39 is 10.0 Å². The first-order valence-electron chi connectivity index (χ1n) is 9.55. The Balaban J connectivity index is 1.46. The molecule has 0 N–H and O–H groups in total. The molecular weight excluding hydrogens is 438 g/mol. The fraction of sp³-hybridized carbons (Fsp3) is 0.182. The number of hydrogen-bond acceptors (Lipinski definition) is 5. The van der Waals surface area contributed by atoms with Gasteiger partial charge in [0.1, 0.15) is 11.8 Å². The molecule has 158 valence electrons. The highest BCUT2D eigenvalue weighted by Crippen LogP contribution is 2.29. The predicted molar refractivity (Wildman–Crippen MR) is 115 cm³/mol. The number of nitriles is 1. The number of benzene rings is 2. The number of hydrogen-bond donors (Lipinski definition) is 0. The van der Waals surface area contributed by atoms with Crippen LogP contribution in [0.15, 0.2) is 70.0 Å². The smallest absolute Gasteiger partial charge is 0.289 e. The van der Waals surface area contributed by atoms with Gasteiger partial charge in [-0.1, -0.05) is 35.9 Å². The fourth-order valence-electron chi connectivity index (χ4n) is 3.47. The van der Waals surface area contributed by atoms with Crippen molar-refractivity contribution in [1.29, 1.82) is 5.26 Å². The minimum Gasteiger partial charge on any atom is -0.451 e. The maximum atomic E-state index is 12.9. The Morgan fingerprint density at radius 1 is 0.968 bits per heavy atom. The van der Waals surface area contributed by atoms with Crippen molar-refractivity contribution >= 4 is 27.5 Å². The number of furan rings is 1. The van der Waals surface area contributed by atoms with E-state index in [-0.39, 0.29) is 48.3 Å². The zero-order chi connectivity index (χ0) is 22.0. The minimum atomic E-state index is -3.82. The summed E-state index contributed by atoms with van der Waals surface area (Å²) < 4.78 is 32.9. The largest absolute Gasteiger partial charge is 0.451 e. The Morgan fingerprint density at radius 3 is 2.35 bits per heavy atom. The molecule has 9 heteroatoms. The average Bonchev–Trinajstić information content (AvgIpc) is 3.29. The SMILES string of the molecule is N#Cc1ccccc1S(=O)(=O)N1CCN(C(=O)c2ccc(-c3ccccc3Cl)o2)CC1. The first-order valence-corrected chi connectivity index (χ1v) is 11.4. The van der Waals surface area contributed by atoms with Gasteiger partial charge >= 0.3 is 0 Å². The topological polar surface area (TPSA) is 94.6 Å². The van der Waals surface area contributed by atoms with Gasteiger partial charge in [0.25, 0.3) is 5.91 Å². The second-order valence-electron chi connectivity index (χ2n) is 6.95. The lowest BCUT2D eigenvalue weighted by molar-refractivity contribution is 0.0667. The highest BCUT2D eigenvalue weighted by atomic mass is 35.5. The van der Waals surface area contributed by atoms with Gasteiger partial charge in [-0.3, -0.25) is 4.79 Å². The molecule has 1 aliphatic heterocycles. The van der Waals surface area contributed by atoms with Crippen LogP contribution in [0.1, 0.15) is 16.1 Å². The number of rotatable bonds is 4. The molecule has 2 heterocycles. The number of carbonyl (C=O) groups excluding carboxylic acids is 1. The maximum Gasteiger partial charge on any atom is 0.289 e. The fourth-order valence-corrected chi connectivity index (χ4v) is 5.26. The molecule has 3 aromatic rings. The van der Waals surface area contributed by atoms with Gasteiger partial charge in [-0.15, -0.1) is 0 Å². The molecule has 0 atom stereocenters. The molecule has 0 saturated carbocycles. The van der Waals surface area contributed by atoms with Crippen LogP contribution >= 0.6 is 11.6 Å². The van der Waals surface area contributed by atoms with Crippen molar-refractivity contribution in [2.75, 3.05) is 26.2 Å². The van der Waals surface area contributed by atoms with Crippen molar-refractivity contribution in [2.45, 2.75) is 4.90 Å². The van der Waals surface area contributed by atoms with Crippen LogP contribution in [0, 0.1) is 11.3 Å². The van der Waals surface area contributed by atoms with Gasteiger partial charge in [0, 0.05) is 31.7 Å². The van der Waals surface area contributed by atoms with Crippen molar-refractivity contribution in [3.05, 3.63) is 77.0 Å². The van der Waals surface area contributed by atoms with E-state index in [1.807, 2.05) is 18.2 Å². The molecule has 0 aliphatic carbocycles. The van der Waals surface area contributed by atoms with Crippen LogP contribution in [-0.4, -0.2) is 49.7 Å². The maximum absolute atomic E-state index is 12.9. The number of halogens is 1. The summed E-state index contributed by atoms with van der Waals surface area (Å²) >= 11 is 6.19. The van der Waals surface area contributed by atoms with Crippen molar-refractivity contribution in [3.63, 3.8) is 0 Å². The molecule has 31 heavy (non-hydrogen) atoms. The number of sulfonamides is 1. The first kappa shape index (κ1) is 21.1. The Labute approximate surface area is 185 Å². The molecule has 4 rings (SSSR count). The summed E-state index contributed by atoms with van der Waals surface area (Å²) in [6.07, 6.45) is 0. The molecule has 7 nitrogen and oxygen atoms in total. The molecular formula is C22H18ClN3O4S. The van der Waals surface area contributed by atoms with Crippen molar-refractivity contribution < 1.29 is 17.6 Å². The highest BCUT2D eigenvalue weighted by Gasteiger charge is 2.32. The summed E-state index contributed by atoms with van der Waals surface area (Å²) in [7, 11) is -3.82. The standard InChI is InChI=1S/C22H18ClN3O4S/c23-18-7-3-2-6-17(18)19-9-10-20(30-19)22(27)25-11-13-26(14-12-25)31(28,29)21-8-4-1-5-16(21)15-24/h1-10H,11-14H2. The third-order valence-corrected chi connectivity index (χ3v) is 7.39. The second-order valence-corrected chi connectivity index (χ2v) is 9.26. The zero-order valence-corrected chi connectivity index (χ0v) is 17.9. The molecule has 1 fully saturated rings. The molecule has 1 amide bonds. The van der Waals surface area contributed by atoms with Gasteiger partial charge in [-0.25, -0.2) is 8.42 Å². The molecule has 2 aromatic carbocycles. The van der Waals surface area contributed by atoms with E-state index in [1.165, 1.54) is 16.4 Å². The lowest BCUT2D eigenvalue weighted by Gasteiger charge is -2.33. The molecule has 0 spiro atoms. The molecule has 0 unspecified atom stereocenters. The summed E-state index contributed by atoms with van der Waals surface area (Å²) in [6, 6.07) is 18.5. The van der Waals surface area contributed by atoms with Crippen molar-refractivity contribution in [3.8, 4) is 17.4 Å². The third-order valence-electron chi connectivity index (χ3n) is 5.11. The van der Waals surface area contributed by atoms with Crippen LogP contribution in [-0.2, 0) is 10.0 Å². The Bertz CT molecular complexity index is 1270. The van der Waals surface area contributed by atoms with Crippen LogP contribution < -0.4 is 0 Å². The Morgan fingerprint density at radius 2 is 1.65 bits per heavy atom. The van der Waals surface area contributed by atoms with Crippen LogP contribution in [0.25, 0.3) is 11.3 Å². The van der Waals surface area contributed by atoms with E-state index in [2.05, 4.69) is 0 Å².